The average Bonchev–Trinajstić information content (AvgIpc) is 2.52. The van der Waals surface area contributed by atoms with Gasteiger partial charge in [0.1, 0.15) is 5.82 Å². The highest BCUT2D eigenvalue weighted by Crippen LogP contribution is 2.36. The van der Waals surface area contributed by atoms with Crippen LogP contribution in [0.1, 0.15) is 12.0 Å². The molecule has 2 aromatic carbocycles. The van der Waals surface area contributed by atoms with E-state index in [0.717, 1.165) is 39.9 Å². The summed E-state index contributed by atoms with van der Waals surface area (Å²) in [6, 6.07) is 12.7. The SMILES string of the molecule is Fc1ccc(Sc2ccc(Cl)cc2)c(C2=CCNCC2)c1. The van der Waals surface area contributed by atoms with E-state index in [1.165, 1.54) is 11.6 Å². The Morgan fingerprint density at radius 3 is 2.62 bits per heavy atom. The maximum Gasteiger partial charge on any atom is 0.123 e. The lowest BCUT2D eigenvalue weighted by atomic mass is 10.0. The number of hydrogen-bond donors (Lipinski definition) is 1. The molecule has 1 aliphatic rings. The monoisotopic (exact) mass is 319 g/mol. The van der Waals surface area contributed by atoms with Gasteiger partial charge >= 0.3 is 0 Å². The van der Waals surface area contributed by atoms with Gasteiger partial charge < -0.3 is 5.32 Å². The number of hydrogen-bond acceptors (Lipinski definition) is 2. The molecule has 0 atom stereocenters. The molecule has 0 amide bonds. The summed E-state index contributed by atoms with van der Waals surface area (Å²) in [5.41, 5.74) is 2.21. The van der Waals surface area contributed by atoms with E-state index in [4.69, 9.17) is 11.6 Å². The van der Waals surface area contributed by atoms with E-state index in [9.17, 15) is 4.39 Å². The van der Waals surface area contributed by atoms with Gasteiger partial charge in [0.05, 0.1) is 0 Å². The smallest absolute Gasteiger partial charge is 0.123 e. The molecule has 3 rings (SSSR count). The van der Waals surface area contributed by atoms with Crippen LogP contribution in [0.4, 0.5) is 4.39 Å². The maximum absolute atomic E-state index is 13.6. The van der Waals surface area contributed by atoms with Crippen LogP contribution in [0.15, 0.2) is 58.3 Å². The van der Waals surface area contributed by atoms with E-state index in [1.807, 2.05) is 30.3 Å². The molecule has 1 heterocycles. The number of rotatable bonds is 3. The lowest BCUT2D eigenvalue weighted by Crippen LogP contribution is -2.20. The maximum atomic E-state index is 13.6. The molecule has 0 unspecified atom stereocenters. The van der Waals surface area contributed by atoms with Crippen LogP contribution >= 0.6 is 23.4 Å². The molecule has 0 radical (unpaired) electrons. The molecule has 4 heteroatoms. The van der Waals surface area contributed by atoms with Gasteiger partial charge in [-0.1, -0.05) is 29.4 Å². The Bertz CT molecular complexity index is 667. The van der Waals surface area contributed by atoms with E-state index in [-0.39, 0.29) is 5.82 Å². The van der Waals surface area contributed by atoms with Gasteiger partial charge in [-0.25, -0.2) is 4.39 Å². The van der Waals surface area contributed by atoms with Gasteiger partial charge in [-0.2, -0.15) is 0 Å². The second-order valence-electron chi connectivity index (χ2n) is 4.88. The zero-order valence-corrected chi connectivity index (χ0v) is 13.0. The third kappa shape index (κ3) is 3.67. The first kappa shape index (κ1) is 14.6. The van der Waals surface area contributed by atoms with E-state index in [1.54, 1.807) is 17.8 Å². The van der Waals surface area contributed by atoms with Crippen molar-refractivity contribution >= 4 is 28.9 Å². The molecule has 1 aliphatic heterocycles. The fraction of sp³-hybridized carbons (Fsp3) is 0.176. The van der Waals surface area contributed by atoms with Crippen LogP contribution in [0, 0.1) is 5.82 Å². The molecule has 108 valence electrons. The molecule has 0 aromatic heterocycles. The summed E-state index contributed by atoms with van der Waals surface area (Å²) in [5, 5.41) is 4.00. The Morgan fingerprint density at radius 2 is 1.90 bits per heavy atom. The molecular formula is C17H15ClFNS. The van der Waals surface area contributed by atoms with Crippen LogP contribution < -0.4 is 5.32 Å². The fourth-order valence-corrected chi connectivity index (χ4v) is 3.43. The molecule has 1 N–H and O–H groups in total. The molecule has 21 heavy (non-hydrogen) atoms. The average molecular weight is 320 g/mol. The lowest BCUT2D eigenvalue weighted by molar-refractivity contribution is 0.625. The van der Waals surface area contributed by atoms with Crippen LogP contribution in [0.5, 0.6) is 0 Å². The Labute approximate surface area is 133 Å². The first-order chi connectivity index (χ1) is 10.2. The van der Waals surface area contributed by atoms with Crippen LogP contribution in [0.25, 0.3) is 5.57 Å². The van der Waals surface area contributed by atoms with E-state index >= 15 is 0 Å². The molecule has 0 fully saturated rings. The molecule has 1 nitrogen and oxygen atoms in total. The van der Waals surface area contributed by atoms with E-state index in [0.29, 0.717) is 0 Å². The van der Waals surface area contributed by atoms with Crippen molar-refractivity contribution < 1.29 is 4.39 Å². The highest BCUT2D eigenvalue weighted by molar-refractivity contribution is 7.99. The molecular weight excluding hydrogens is 305 g/mol. The number of benzene rings is 2. The van der Waals surface area contributed by atoms with Crippen molar-refractivity contribution in [1.82, 2.24) is 5.32 Å². The zero-order chi connectivity index (χ0) is 14.7. The van der Waals surface area contributed by atoms with Gasteiger partial charge in [-0.15, -0.1) is 0 Å². The van der Waals surface area contributed by atoms with Gasteiger partial charge in [-0.05, 0) is 66.6 Å². The fourth-order valence-electron chi connectivity index (χ4n) is 2.34. The zero-order valence-electron chi connectivity index (χ0n) is 11.4. The summed E-state index contributed by atoms with van der Waals surface area (Å²) in [6.07, 6.45) is 3.07. The summed E-state index contributed by atoms with van der Waals surface area (Å²) >= 11 is 7.55. The van der Waals surface area contributed by atoms with Crippen molar-refractivity contribution in [3.8, 4) is 0 Å². The minimum Gasteiger partial charge on any atom is -0.313 e. The molecule has 0 aliphatic carbocycles. The summed E-state index contributed by atoms with van der Waals surface area (Å²) in [4.78, 5) is 2.17. The van der Waals surface area contributed by atoms with E-state index < -0.39 is 0 Å². The number of halogens is 2. The van der Waals surface area contributed by atoms with E-state index in [2.05, 4.69) is 11.4 Å². The highest BCUT2D eigenvalue weighted by atomic mass is 35.5. The van der Waals surface area contributed by atoms with Gasteiger partial charge in [0.25, 0.3) is 0 Å². The Hall–Kier alpha value is -1.29. The first-order valence-electron chi connectivity index (χ1n) is 6.85. The minimum absolute atomic E-state index is 0.190. The predicted molar refractivity (Wildman–Crippen MR) is 87.4 cm³/mol. The van der Waals surface area contributed by atoms with Crippen LogP contribution in [0.3, 0.4) is 0 Å². The Balaban J connectivity index is 1.94. The van der Waals surface area contributed by atoms with Crippen LogP contribution in [-0.2, 0) is 0 Å². The topological polar surface area (TPSA) is 12.0 Å². The van der Waals surface area contributed by atoms with Gasteiger partial charge in [0.2, 0.25) is 0 Å². The lowest BCUT2D eigenvalue weighted by Gasteiger charge is -2.17. The third-order valence-corrected chi connectivity index (χ3v) is 4.73. The summed E-state index contributed by atoms with van der Waals surface area (Å²) in [6.45, 7) is 1.78. The molecule has 0 spiro atoms. The van der Waals surface area contributed by atoms with Crippen molar-refractivity contribution in [2.45, 2.75) is 16.2 Å². The standard InChI is InChI=1S/C17H15ClFNS/c18-13-1-4-15(5-2-13)21-17-6-3-14(19)11-16(17)12-7-9-20-10-8-12/h1-7,11,20H,8-10H2. The molecule has 2 aromatic rings. The third-order valence-electron chi connectivity index (χ3n) is 3.39. The van der Waals surface area contributed by atoms with Gasteiger partial charge in [0, 0.05) is 21.4 Å². The molecule has 0 bridgehead atoms. The van der Waals surface area contributed by atoms with Crippen molar-refractivity contribution in [3.63, 3.8) is 0 Å². The predicted octanol–water partition coefficient (Wildman–Crippen LogP) is 5.01. The Morgan fingerprint density at radius 1 is 1.10 bits per heavy atom. The first-order valence-corrected chi connectivity index (χ1v) is 8.05. The molecule has 0 saturated heterocycles. The Kier molecular flexibility index (Phi) is 4.63. The largest absolute Gasteiger partial charge is 0.313 e. The second kappa shape index (κ2) is 6.65. The van der Waals surface area contributed by atoms with Crippen molar-refractivity contribution in [2.24, 2.45) is 0 Å². The molecule has 0 saturated carbocycles. The summed E-state index contributed by atoms with van der Waals surface area (Å²) in [5.74, 6) is -0.190. The van der Waals surface area contributed by atoms with Crippen molar-refractivity contribution in [3.05, 3.63) is 64.9 Å². The van der Waals surface area contributed by atoms with Crippen LogP contribution in [-0.4, -0.2) is 13.1 Å². The highest BCUT2D eigenvalue weighted by Gasteiger charge is 2.12. The van der Waals surface area contributed by atoms with Crippen molar-refractivity contribution in [2.75, 3.05) is 13.1 Å². The van der Waals surface area contributed by atoms with Crippen molar-refractivity contribution in [1.29, 1.82) is 0 Å². The quantitative estimate of drug-likeness (QED) is 0.853. The minimum atomic E-state index is -0.190. The van der Waals surface area contributed by atoms with Crippen LogP contribution in [0.2, 0.25) is 5.02 Å². The summed E-state index contributed by atoms with van der Waals surface area (Å²) < 4.78 is 13.6. The number of nitrogens with one attached hydrogen (secondary N) is 1. The summed E-state index contributed by atoms with van der Waals surface area (Å²) in [7, 11) is 0. The van der Waals surface area contributed by atoms with Gasteiger partial charge in [-0.3, -0.25) is 0 Å². The second-order valence-corrected chi connectivity index (χ2v) is 6.43. The van der Waals surface area contributed by atoms with Gasteiger partial charge in [0.15, 0.2) is 0 Å². The normalized spacial score (nSPS) is 14.9.